The van der Waals surface area contributed by atoms with Crippen molar-refractivity contribution in [3.05, 3.63) is 0 Å². The average Bonchev–Trinajstić information content (AvgIpc) is 2.36. The number of hydrogen-bond donors (Lipinski definition) is 1. The van der Waals surface area contributed by atoms with Gasteiger partial charge in [0.1, 0.15) is 0 Å². The van der Waals surface area contributed by atoms with Gasteiger partial charge in [0.15, 0.2) is 0 Å². The van der Waals surface area contributed by atoms with Crippen LogP contribution < -0.4 is 0 Å². The normalized spacial score (nSPS) is 46.9. The van der Waals surface area contributed by atoms with E-state index in [2.05, 4.69) is 13.8 Å². The number of rotatable bonds is 3. The van der Waals surface area contributed by atoms with Crippen LogP contribution in [0.1, 0.15) is 46.0 Å². The summed E-state index contributed by atoms with van der Waals surface area (Å²) in [5.74, 6) is 0. The lowest BCUT2D eigenvalue weighted by Gasteiger charge is -2.48. The van der Waals surface area contributed by atoms with Gasteiger partial charge in [-0.2, -0.15) is 0 Å². The zero-order valence-electron chi connectivity index (χ0n) is 9.58. The first-order chi connectivity index (χ1) is 6.73. The van der Waals surface area contributed by atoms with Crippen molar-refractivity contribution in [2.24, 2.45) is 0 Å². The molecule has 0 aromatic carbocycles. The van der Waals surface area contributed by atoms with E-state index in [1.54, 1.807) is 0 Å². The van der Waals surface area contributed by atoms with Crippen molar-refractivity contribution in [1.82, 2.24) is 0 Å². The molecule has 2 fully saturated rings. The Morgan fingerprint density at radius 2 is 1.71 bits per heavy atom. The summed E-state index contributed by atoms with van der Waals surface area (Å²) in [6, 6.07) is 1.54. The lowest BCUT2D eigenvalue weighted by molar-refractivity contribution is -0.965. The highest BCUT2D eigenvalue weighted by Crippen LogP contribution is 2.42. The molecule has 2 nitrogen and oxygen atoms in total. The average molecular weight is 198 g/mol. The fourth-order valence-corrected chi connectivity index (χ4v) is 4.03. The van der Waals surface area contributed by atoms with E-state index >= 15 is 0 Å². The lowest BCUT2D eigenvalue weighted by Crippen LogP contribution is -2.61. The Labute approximate surface area is 87.5 Å². The van der Waals surface area contributed by atoms with Gasteiger partial charge in [0, 0.05) is 25.7 Å². The highest BCUT2D eigenvalue weighted by Gasteiger charge is 2.52. The number of aliphatic hydroxyl groups is 1. The first-order valence-electron chi connectivity index (χ1n) is 6.27. The third kappa shape index (κ3) is 1.40. The van der Waals surface area contributed by atoms with Gasteiger partial charge in [0.2, 0.25) is 0 Å². The minimum atomic E-state index is 0.00200. The van der Waals surface area contributed by atoms with Crippen molar-refractivity contribution in [1.29, 1.82) is 0 Å². The van der Waals surface area contributed by atoms with Gasteiger partial charge in [-0.15, -0.1) is 0 Å². The van der Waals surface area contributed by atoms with Gasteiger partial charge in [0.25, 0.3) is 0 Å². The van der Waals surface area contributed by atoms with Crippen LogP contribution in [0.3, 0.4) is 0 Å². The number of piperidine rings is 1. The maximum atomic E-state index is 9.78. The molecular weight excluding hydrogens is 174 g/mol. The Morgan fingerprint density at radius 1 is 1.14 bits per heavy atom. The van der Waals surface area contributed by atoms with Crippen molar-refractivity contribution in [2.45, 2.75) is 64.1 Å². The molecule has 1 N–H and O–H groups in total. The van der Waals surface area contributed by atoms with Crippen LogP contribution in [-0.4, -0.2) is 40.9 Å². The van der Waals surface area contributed by atoms with Gasteiger partial charge >= 0.3 is 0 Å². The van der Waals surface area contributed by atoms with Gasteiger partial charge in [-0.1, -0.05) is 6.92 Å². The van der Waals surface area contributed by atoms with Gasteiger partial charge in [0.05, 0.1) is 31.3 Å². The van der Waals surface area contributed by atoms with Crippen LogP contribution in [-0.2, 0) is 0 Å². The lowest BCUT2D eigenvalue weighted by atomic mass is 9.95. The number of aliphatic hydroxyl groups excluding tert-OH is 1. The maximum Gasteiger partial charge on any atom is 0.0919 e. The smallest absolute Gasteiger partial charge is 0.0919 e. The largest absolute Gasteiger partial charge is 0.393 e. The number of hydrogen-bond acceptors (Lipinski definition) is 1. The molecule has 0 aliphatic carbocycles. The van der Waals surface area contributed by atoms with Crippen LogP contribution in [0.5, 0.6) is 0 Å². The Balaban J connectivity index is 2.18. The van der Waals surface area contributed by atoms with Gasteiger partial charge in [-0.3, -0.25) is 0 Å². The first-order valence-corrected chi connectivity index (χ1v) is 6.27. The summed E-state index contributed by atoms with van der Waals surface area (Å²) in [6.07, 6.45) is 6.12. The number of fused-ring (bicyclic) bond motifs is 2. The molecule has 2 atom stereocenters. The Morgan fingerprint density at radius 3 is 2.14 bits per heavy atom. The minimum absolute atomic E-state index is 0.00200. The summed E-state index contributed by atoms with van der Waals surface area (Å²) in [5, 5.41) is 9.78. The summed E-state index contributed by atoms with van der Waals surface area (Å²) < 4.78 is 1.33. The molecule has 2 bridgehead atoms. The molecule has 0 radical (unpaired) electrons. The SMILES string of the molecule is CCC[N+]1(CC)C2CCC1CC(O)C2. The van der Waals surface area contributed by atoms with Gasteiger partial charge in [-0.05, 0) is 13.3 Å². The van der Waals surface area contributed by atoms with E-state index in [0.717, 1.165) is 24.9 Å². The molecule has 14 heavy (non-hydrogen) atoms. The Kier molecular flexibility index (Phi) is 2.85. The van der Waals surface area contributed by atoms with Crippen LogP contribution >= 0.6 is 0 Å². The van der Waals surface area contributed by atoms with Crippen molar-refractivity contribution >= 4 is 0 Å². The van der Waals surface area contributed by atoms with E-state index < -0.39 is 0 Å². The van der Waals surface area contributed by atoms with Crippen LogP contribution in [0.15, 0.2) is 0 Å². The van der Waals surface area contributed by atoms with Crippen LogP contribution in [0.4, 0.5) is 0 Å². The minimum Gasteiger partial charge on any atom is -0.393 e. The molecule has 2 aliphatic rings. The second-order valence-corrected chi connectivity index (χ2v) is 5.15. The molecule has 0 aromatic rings. The number of quaternary nitrogens is 1. The zero-order chi connectivity index (χ0) is 10.2. The molecule has 2 saturated heterocycles. The summed E-state index contributed by atoms with van der Waals surface area (Å²) in [4.78, 5) is 0. The zero-order valence-corrected chi connectivity index (χ0v) is 9.58. The van der Waals surface area contributed by atoms with E-state index in [4.69, 9.17) is 0 Å². The highest BCUT2D eigenvalue weighted by atomic mass is 16.3. The fraction of sp³-hybridized carbons (Fsp3) is 1.00. The van der Waals surface area contributed by atoms with Crippen LogP contribution in [0, 0.1) is 0 Å². The monoisotopic (exact) mass is 198 g/mol. The van der Waals surface area contributed by atoms with Crippen molar-refractivity contribution < 1.29 is 9.59 Å². The van der Waals surface area contributed by atoms with Crippen molar-refractivity contribution in [3.8, 4) is 0 Å². The van der Waals surface area contributed by atoms with Gasteiger partial charge < -0.3 is 9.59 Å². The second kappa shape index (κ2) is 3.82. The number of nitrogens with zero attached hydrogens (tertiary/aromatic N) is 1. The summed E-state index contributed by atoms with van der Waals surface area (Å²) in [5.41, 5.74) is 0. The molecule has 2 unspecified atom stereocenters. The van der Waals surface area contributed by atoms with Crippen molar-refractivity contribution in [2.75, 3.05) is 13.1 Å². The predicted octanol–water partition coefficient (Wildman–Crippen LogP) is 1.92. The van der Waals surface area contributed by atoms with E-state index in [-0.39, 0.29) is 6.10 Å². The van der Waals surface area contributed by atoms with Crippen molar-refractivity contribution in [3.63, 3.8) is 0 Å². The molecule has 2 aliphatic heterocycles. The summed E-state index contributed by atoms with van der Waals surface area (Å²) in [7, 11) is 0. The Bertz CT molecular complexity index is 190. The summed E-state index contributed by atoms with van der Waals surface area (Å²) in [6.45, 7) is 7.23. The first kappa shape index (κ1) is 10.4. The fourth-order valence-electron chi connectivity index (χ4n) is 4.03. The molecule has 2 heterocycles. The molecule has 0 amide bonds. The molecule has 0 spiro atoms. The quantitative estimate of drug-likeness (QED) is 0.687. The topological polar surface area (TPSA) is 20.2 Å². The van der Waals surface area contributed by atoms with Gasteiger partial charge in [-0.25, -0.2) is 0 Å². The van der Waals surface area contributed by atoms with E-state index in [1.807, 2.05) is 0 Å². The van der Waals surface area contributed by atoms with E-state index in [1.165, 1.54) is 36.8 Å². The van der Waals surface area contributed by atoms with Crippen LogP contribution in [0.2, 0.25) is 0 Å². The Hall–Kier alpha value is -0.0800. The molecule has 0 aromatic heterocycles. The predicted molar refractivity (Wildman–Crippen MR) is 58.0 cm³/mol. The second-order valence-electron chi connectivity index (χ2n) is 5.15. The third-order valence-electron chi connectivity index (χ3n) is 4.60. The maximum absolute atomic E-state index is 9.78. The van der Waals surface area contributed by atoms with E-state index in [9.17, 15) is 5.11 Å². The molecule has 2 rings (SSSR count). The molecule has 0 saturated carbocycles. The molecule has 82 valence electrons. The standard InChI is InChI=1S/C12H24NO/c1-3-7-13(4-2)10-5-6-11(13)9-12(14)8-10/h10-12,14H,3-9H2,1-2H3/q+1. The highest BCUT2D eigenvalue weighted by molar-refractivity contribution is 4.86. The molecule has 2 heteroatoms. The summed E-state index contributed by atoms with van der Waals surface area (Å²) >= 11 is 0. The van der Waals surface area contributed by atoms with Crippen LogP contribution in [0.25, 0.3) is 0 Å². The van der Waals surface area contributed by atoms with E-state index in [0.29, 0.717) is 0 Å². The molecular formula is C12H24NO+. The third-order valence-corrected chi connectivity index (χ3v) is 4.60.